The second-order valence-electron chi connectivity index (χ2n) is 5.92. The first-order valence-corrected chi connectivity index (χ1v) is 7.72. The molecule has 1 saturated heterocycles. The van der Waals surface area contributed by atoms with E-state index in [4.69, 9.17) is 4.74 Å². The summed E-state index contributed by atoms with van der Waals surface area (Å²) in [6, 6.07) is 6.15. The van der Waals surface area contributed by atoms with Gasteiger partial charge in [0.15, 0.2) is 0 Å². The molecule has 1 aliphatic heterocycles. The van der Waals surface area contributed by atoms with Crippen LogP contribution < -0.4 is 4.74 Å². The van der Waals surface area contributed by atoms with Crippen molar-refractivity contribution in [3.63, 3.8) is 0 Å². The van der Waals surface area contributed by atoms with Crippen molar-refractivity contribution in [1.82, 2.24) is 9.80 Å². The maximum atomic E-state index is 12.1. The average molecular weight is 327 g/mol. The highest BCUT2D eigenvalue weighted by Gasteiger charge is 2.17. The Balaban J connectivity index is 0.00000242. The van der Waals surface area contributed by atoms with Crippen LogP contribution in [0.15, 0.2) is 18.2 Å². The molecule has 0 aromatic heterocycles. The lowest BCUT2D eigenvalue weighted by molar-refractivity contribution is -0.131. The van der Waals surface area contributed by atoms with Gasteiger partial charge in [-0.15, -0.1) is 12.4 Å². The fourth-order valence-electron chi connectivity index (χ4n) is 2.63. The summed E-state index contributed by atoms with van der Waals surface area (Å²) in [5, 5.41) is 0. The molecule has 0 bridgehead atoms. The number of carbonyl (C=O) groups excluding carboxylic acids is 1. The third-order valence-electron chi connectivity index (χ3n) is 4.00. The summed E-state index contributed by atoms with van der Waals surface area (Å²) in [6.07, 6.45) is 2.43. The number of halogens is 1. The minimum absolute atomic E-state index is 0. The van der Waals surface area contributed by atoms with Crippen molar-refractivity contribution in [1.29, 1.82) is 0 Å². The van der Waals surface area contributed by atoms with Gasteiger partial charge in [-0.1, -0.05) is 17.7 Å². The number of nitrogens with zero attached hydrogens (tertiary/aromatic N) is 2. The molecular weight excluding hydrogens is 300 g/mol. The van der Waals surface area contributed by atoms with Gasteiger partial charge in [-0.3, -0.25) is 9.69 Å². The first-order chi connectivity index (χ1) is 10.1. The van der Waals surface area contributed by atoms with Gasteiger partial charge in [0, 0.05) is 7.05 Å². The predicted octanol–water partition coefficient (Wildman–Crippen LogP) is 2.66. The number of rotatable bonds is 6. The molecule has 1 heterocycles. The van der Waals surface area contributed by atoms with Crippen LogP contribution >= 0.6 is 12.4 Å². The van der Waals surface area contributed by atoms with Crippen LogP contribution in [0.3, 0.4) is 0 Å². The van der Waals surface area contributed by atoms with E-state index in [-0.39, 0.29) is 18.3 Å². The fraction of sp³-hybridized carbons (Fsp3) is 0.588. The van der Waals surface area contributed by atoms with Gasteiger partial charge in [0.1, 0.15) is 12.4 Å². The summed E-state index contributed by atoms with van der Waals surface area (Å²) < 4.78 is 5.78. The number of ether oxygens (including phenoxy) is 1. The number of hydrogen-bond donors (Lipinski definition) is 0. The third kappa shape index (κ3) is 5.50. The molecule has 0 aliphatic carbocycles. The summed E-state index contributed by atoms with van der Waals surface area (Å²) >= 11 is 0. The Morgan fingerprint density at radius 2 is 1.95 bits per heavy atom. The standard InChI is InChI=1S/C17H26N2O2.ClH/c1-14-6-7-16(15(2)12-14)21-11-10-18(3)17(20)13-19-8-4-5-9-19;/h6-7,12H,4-5,8-11,13H2,1-3H3;1H. The van der Waals surface area contributed by atoms with Gasteiger partial charge in [0.05, 0.1) is 13.1 Å². The SMILES string of the molecule is Cc1ccc(OCCN(C)C(=O)CN2CCCC2)c(C)c1.Cl. The summed E-state index contributed by atoms with van der Waals surface area (Å²) in [4.78, 5) is 16.1. The maximum absolute atomic E-state index is 12.1. The van der Waals surface area contributed by atoms with E-state index in [1.54, 1.807) is 4.90 Å². The Hall–Kier alpha value is -1.26. The van der Waals surface area contributed by atoms with Gasteiger partial charge < -0.3 is 9.64 Å². The Bertz CT molecular complexity index is 488. The Kier molecular flexibility index (Phi) is 7.69. The van der Waals surface area contributed by atoms with Crippen molar-refractivity contribution in [2.75, 3.05) is 39.8 Å². The van der Waals surface area contributed by atoms with Crippen LogP contribution in [-0.2, 0) is 4.79 Å². The molecule has 0 atom stereocenters. The minimum atomic E-state index is 0. The van der Waals surface area contributed by atoms with Crippen molar-refractivity contribution in [3.8, 4) is 5.75 Å². The molecule has 1 aromatic carbocycles. The molecule has 1 aromatic rings. The molecule has 4 nitrogen and oxygen atoms in total. The van der Waals surface area contributed by atoms with E-state index in [0.29, 0.717) is 19.7 Å². The van der Waals surface area contributed by atoms with Crippen molar-refractivity contribution in [2.24, 2.45) is 0 Å². The zero-order valence-electron chi connectivity index (χ0n) is 13.8. The number of hydrogen-bond acceptors (Lipinski definition) is 3. The zero-order valence-corrected chi connectivity index (χ0v) is 14.6. The Morgan fingerprint density at radius 3 is 2.59 bits per heavy atom. The number of benzene rings is 1. The lowest BCUT2D eigenvalue weighted by Gasteiger charge is -2.21. The summed E-state index contributed by atoms with van der Waals surface area (Å²) in [6.45, 7) is 7.93. The Labute approximate surface area is 139 Å². The highest BCUT2D eigenvalue weighted by Crippen LogP contribution is 2.18. The molecule has 0 N–H and O–H groups in total. The van der Waals surface area contributed by atoms with E-state index >= 15 is 0 Å². The van der Waals surface area contributed by atoms with E-state index in [9.17, 15) is 4.79 Å². The third-order valence-corrected chi connectivity index (χ3v) is 4.00. The molecule has 1 aliphatic rings. The van der Waals surface area contributed by atoms with Crippen LogP contribution in [-0.4, -0.2) is 55.5 Å². The zero-order chi connectivity index (χ0) is 15.2. The first kappa shape index (κ1) is 18.8. The van der Waals surface area contributed by atoms with E-state index < -0.39 is 0 Å². The largest absolute Gasteiger partial charge is 0.491 e. The van der Waals surface area contributed by atoms with Gasteiger partial charge in [-0.05, 0) is 51.4 Å². The van der Waals surface area contributed by atoms with Crippen molar-refractivity contribution >= 4 is 18.3 Å². The van der Waals surface area contributed by atoms with Crippen LogP contribution in [0.25, 0.3) is 0 Å². The van der Waals surface area contributed by atoms with Crippen molar-refractivity contribution in [2.45, 2.75) is 26.7 Å². The highest BCUT2D eigenvalue weighted by molar-refractivity contribution is 5.85. The summed E-state index contributed by atoms with van der Waals surface area (Å²) in [7, 11) is 1.85. The fourth-order valence-corrected chi connectivity index (χ4v) is 2.63. The van der Waals surface area contributed by atoms with Gasteiger partial charge in [0.2, 0.25) is 5.91 Å². The van der Waals surface area contributed by atoms with E-state index in [0.717, 1.165) is 24.4 Å². The van der Waals surface area contributed by atoms with Crippen molar-refractivity contribution in [3.05, 3.63) is 29.3 Å². The second-order valence-corrected chi connectivity index (χ2v) is 5.92. The molecule has 0 saturated carbocycles. The highest BCUT2D eigenvalue weighted by atomic mass is 35.5. The Morgan fingerprint density at radius 1 is 1.27 bits per heavy atom. The van der Waals surface area contributed by atoms with Gasteiger partial charge in [-0.2, -0.15) is 0 Å². The molecule has 22 heavy (non-hydrogen) atoms. The maximum Gasteiger partial charge on any atom is 0.236 e. The average Bonchev–Trinajstić information content (AvgIpc) is 2.94. The lowest BCUT2D eigenvalue weighted by atomic mass is 10.1. The second kappa shape index (κ2) is 9.01. The number of likely N-dealkylation sites (tertiary alicyclic amines) is 1. The molecule has 124 valence electrons. The van der Waals surface area contributed by atoms with Gasteiger partial charge in [0.25, 0.3) is 0 Å². The smallest absolute Gasteiger partial charge is 0.236 e. The quantitative estimate of drug-likeness (QED) is 0.805. The van der Waals surface area contributed by atoms with Gasteiger partial charge in [-0.25, -0.2) is 0 Å². The molecule has 0 spiro atoms. The van der Waals surface area contributed by atoms with Crippen LogP contribution in [0.2, 0.25) is 0 Å². The number of carbonyl (C=O) groups is 1. The lowest BCUT2D eigenvalue weighted by Crippen LogP contribution is -2.38. The molecular formula is C17H27ClN2O2. The topological polar surface area (TPSA) is 32.8 Å². The summed E-state index contributed by atoms with van der Waals surface area (Å²) in [5.74, 6) is 1.09. The van der Waals surface area contributed by atoms with E-state index in [2.05, 4.69) is 17.9 Å². The molecule has 2 rings (SSSR count). The van der Waals surface area contributed by atoms with Crippen LogP contribution in [0, 0.1) is 13.8 Å². The number of aryl methyl sites for hydroxylation is 2. The van der Waals surface area contributed by atoms with Crippen LogP contribution in [0.4, 0.5) is 0 Å². The predicted molar refractivity (Wildman–Crippen MR) is 92.0 cm³/mol. The first-order valence-electron chi connectivity index (χ1n) is 7.72. The number of likely N-dealkylation sites (N-methyl/N-ethyl adjacent to an activating group) is 1. The molecule has 1 fully saturated rings. The van der Waals surface area contributed by atoms with Crippen LogP contribution in [0.5, 0.6) is 5.75 Å². The van der Waals surface area contributed by atoms with Crippen LogP contribution in [0.1, 0.15) is 24.0 Å². The van der Waals surface area contributed by atoms with Crippen molar-refractivity contribution < 1.29 is 9.53 Å². The van der Waals surface area contributed by atoms with E-state index in [1.165, 1.54) is 18.4 Å². The molecule has 0 unspecified atom stereocenters. The summed E-state index contributed by atoms with van der Waals surface area (Å²) in [5.41, 5.74) is 2.37. The monoisotopic (exact) mass is 326 g/mol. The number of amides is 1. The van der Waals surface area contributed by atoms with E-state index in [1.807, 2.05) is 26.1 Å². The minimum Gasteiger partial charge on any atom is -0.491 e. The molecule has 0 radical (unpaired) electrons. The molecule has 5 heteroatoms. The normalized spacial score (nSPS) is 14.5. The van der Waals surface area contributed by atoms with Gasteiger partial charge >= 0.3 is 0 Å². The molecule has 1 amide bonds.